The number of aryl methyl sites for hydroxylation is 1. The maximum absolute atomic E-state index is 13.8. The summed E-state index contributed by atoms with van der Waals surface area (Å²) in [5.41, 5.74) is 1.72. The Morgan fingerprint density at radius 1 is 1.16 bits per heavy atom. The fourth-order valence-corrected chi connectivity index (χ4v) is 3.99. The fraction of sp³-hybridized carbons (Fsp3) is 0.238. The van der Waals surface area contributed by atoms with Gasteiger partial charge in [-0.1, -0.05) is 59.1 Å². The number of halogens is 5. The van der Waals surface area contributed by atoms with Crippen LogP contribution in [0.2, 0.25) is 10.0 Å². The van der Waals surface area contributed by atoms with Crippen molar-refractivity contribution in [1.82, 2.24) is 9.78 Å². The maximum atomic E-state index is 13.8. The molecule has 5 nitrogen and oxygen atoms in total. The maximum Gasteiger partial charge on any atom is 0.410 e. The van der Waals surface area contributed by atoms with Crippen molar-refractivity contribution in [2.24, 2.45) is 0 Å². The molecule has 1 aliphatic heterocycles. The van der Waals surface area contributed by atoms with Gasteiger partial charge < -0.3 is 10.6 Å². The third-order valence-corrected chi connectivity index (χ3v) is 5.73. The zero-order valence-corrected chi connectivity index (χ0v) is 17.7. The molecule has 10 heteroatoms. The van der Waals surface area contributed by atoms with Crippen molar-refractivity contribution in [3.63, 3.8) is 0 Å². The summed E-state index contributed by atoms with van der Waals surface area (Å²) >= 11 is 12.1. The first kappa shape index (κ1) is 21.5. The monoisotopic (exact) mass is 468 g/mol. The first-order valence-corrected chi connectivity index (χ1v) is 10.1. The van der Waals surface area contributed by atoms with Gasteiger partial charge in [-0.2, -0.15) is 18.3 Å². The normalized spacial score (nSPS) is 18.3. The number of benzene rings is 2. The predicted molar refractivity (Wildman–Crippen MR) is 114 cm³/mol. The molecule has 0 aliphatic carbocycles. The smallest absolute Gasteiger partial charge is 0.363 e. The number of fused-ring (bicyclic) bond motifs is 1. The molecule has 0 saturated heterocycles. The van der Waals surface area contributed by atoms with Crippen molar-refractivity contribution in [1.29, 1.82) is 0 Å². The molecular weight excluding hydrogens is 452 g/mol. The van der Waals surface area contributed by atoms with Crippen LogP contribution in [0.5, 0.6) is 0 Å². The van der Waals surface area contributed by atoms with Crippen LogP contribution < -0.4 is 10.6 Å². The average Bonchev–Trinajstić information content (AvgIpc) is 3.14. The van der Waals surface area contributed by atoms with E-state index in [0.29, 0.717) is 0 Å². The molecule has 0 radical (unpaired) electrons. The lowest BCUT2D eigenvalue weighted by Gasteiger charge is -2.33. The van der Waals surface area contributed by atoms with Gasteiger partial charge in [-0.3, -0.25) is 4.79 Å². The topological polar surface area (TPSA) is 59.0 Å². The van der Waals surface area contributed by atoms with Crippen molar-refractivity contribution >= 4 is 40.6 Å². The molecule has 1 aromatic heterocycles. The first-order chi connectivity index (χ1) is 14.6. The third-order valence-electron chi connectivity index (χ3n) is 5.10. The molecule has 2 N–H and O–H groups in total. The zero-order chi connectivity index (χ0) is 22.3. The molecule has 1 amide bonds. The molecule has 1 aliphatic rings. The minimum absolute atomic E-state index is 0.106. The van der Waals surface area contributed by atoms with Gasteiger partial charge in [0, 0.05) is 12.5 Å². The van der Waals surface area contributed by atoms with Crippen LogP contribution in [0.3, 0.4) is 0 Å². The van der Waals surface area contributed by atoms with Gasteiger partial charge in [0.15, 0.2) is 11.7 Å². The van der Waals surface area contributed by atoms with Crippen LogP contribution in [-0.2, 0) is 0 Å². The molecule has 2 atom stereocenters. The number of para-hydroxylation sites is 1. The van der Waals surface area contributed by atoms with Gasteiger partial charge in [-0.15, -0.1) is 0 Å². The van der Waals surface area contributed by atoms with Crippen LogP contribution >= 0.6 is 23.2 Å². The number of rotatable bonds is 3. The number of carbonyl (C=O) groups is 1. The lowest BCUT2D eigenvalue weighted by Crippen LogP contribution is -2.35. The van der Waals surface area contributed by atoms with E-state index >= 15 is 0 Å². The van der Waals surface area contributed by atoms with Gasteiger partial charge in [0.2, 0.25) is 0 Å². The number of carbonyl (C=O) groups excluding carboxylic acids is 1. The van der Waals surface area contributed by atoms with E-state index < -0.39 is 24.2 Å². The summed E-state index contributed by atoms with van der Waals surface area (Å²) in [7, 11) is 0. The highest BCUT2D eigenvalue weighted by Crippen LogP contribution is 2.43. The largest absolute Gasteiger partial charge is 0.410 e. The molecule has 2 heterocycles. The third kappa shape index (κ3) is 4.36. The fourth-order valence-electron chi connectivity index (χ4n) is 3.50. The summed E-state index contributed by atoms with van der Waals surface area (Å²) in [6, 6.07) is 10.8. The van der Waals surface area contributed by atoms with E-state index in [1.165, 1.54) is 18.2 Å². The molecule has 0 fully saturated rings. The molecule has 31 heavy (non-hydrogen) atoms. The van der Waals surface area contributed by atoms with Crippen LogP contribution in [0, 0.1) is 6.92 Å². The van der Waals surface area contributed by atoms with Gasteiger partial charge in [-0.05, 0) is 24.6 Å². The number of nitrogens with zero attached hydrogens (tertiary/aromatic N) is 2. The van der Waals surface area contributed by atoms with E-state index in [9.17, 15) is 18.0 Å². The van der Waals surface area contributed by atoms with Crippen molar-refractivity contribution in [2.45, 2.75) is 31.6 Å². The van der Waals surface area contributed by atoms with Gasteiger partial charge in [0.05, 0.1) is 21.8 Å². The predicted octanol–water partition coefficient (Wildman–Crippen LogP) is 6.41. The van der Waals surface area contributed by atoms with Crippen molar-refractivity contribution in [3.05, 3.63) is 75.4 Å². The number of alkyl halides is 3. The molecule has 162 valence electrons. The number of amides is 1. The Hall–Kier alpha value is -2.71. The van der Waals surface area contributed by atoms with Gasteiger partial charge in [-0.25, -0.2) is 4.68 Å². The second-order valence-electron chi connectivity index (χ2n) is 7.31. The highest BCUT2D eigenvalue weighted by molar-refractivity contribution is 6.40. The summed E-state index contributed by atoms with van der Waals surface area (Å²) in [4.78, 5) is 12.7. The highest BCUT2D eigenvalue weighted by Gasteiger charge is 2.46. The van der Waals surface area contributed by atoms with Crippen LogP contribution in [0.15, 0.2) is 48.5 Å². The number of nitrogens with one attached hydrogen (secondary N) is 2. The van der Waals surface area contributed by atoms with Gasteiger partial charge in [0.25, 0.3) is 5.91 Å². The van der Waals surface area contributed by atoms with Crippen LogP contribution in [0.4, 0.5) is 24.7 Å². The van der Waals surface area contributed by atoms with Crippen LogP contribution in [-0.4, -0.2) is 21.9 Å². The van der Waals surface area contributed by atoms with Crippen LogP contribution in [0.25, 0.3) is 0 Å². The van der Waals surface area contributed by atoms with E-state index in [4.69, 9.17) is 23.2 Å². The Bertz CT molecular complexity index is 1110. The molecule has 0 bridgehead atoms. The first-order valence-electron chi connectivity index (χ1n) is 9.38. The molecule has 3 aromatic rings. The second kappa shape index (κ2) is 8.09. The molecule has 0 saturated carbocycles. The van der Waals surface area contributed by atoms with E-state index in [1.54, 1.807) is 18.2 Å². The lowest BCUT2D eigenvalue weighted by atomic mass is 9.96. The molecular formula is C21H17Cl2F3N4O. The van der Waals surface area contributed by atoms with Gasteiger partial charge in [0.1, 0.15) is 5.82 Å². The van der Waals surface area contributed by atoms with E-state index in [2.05, 4.69) is 15.7 Å². The van der Waals surface area contributed by atoms with Crippen LogP contribution in [0.1, 0.15) is 40.1 Å². The number of anilines is 2. The Kier molecular flexibility index (Phi) is 5.61. The zero-order valence-electron chi connectivity index (χ0n) is 16.2. The molecule has 0 spiro atoms. The Balaban J connectivity index is 1.66. The Morgan fingerprint density at radius 3 is 2.42 bits per heavy atom. The van der Waals surface area contributed by atoms with Crippen molar-refractivity contribution in [2.75, 3.05) is 10.6 Å². The van der Waals surface area contributed by atoms with E-state index in [0.717, 1.165) is 15.8 Å². The second-order valence-corrected chi connectivity index (χ2v) is 8.13. The minimum Gasteiger partial charge on any atom is -0.363 e. The molecule has 4 rings (SSSR count). The lowest BCUT2D eigenvalue weighted by molar-refractivity contribution is -0.173. The summed E-state index contributed by atoms with van der Waals surface area (Å²) in [6.07, 6.45) is -4.79. The van der Waals surface area contributed by atoms with Crippen molar-refractivity contribution in [3.8, 4) is 0 Å². The summed E-state index contributed by atoms with van der Waals surface area (Å²) in [5.74, 6) is -0.610. The summed E-state index contributed by atoms with van der Waals surface area (Å²) in [6.45, 7) is 1.90. The van der Waals surface area contributed by atoms with Crippen molar-refractivity contribution < 1.29 is 18.0 Å². The highest BCUT2D eigenvalue weighted by atomic mass is 35.5. The quantitative estimate of drug-likeness (QED) is 0.466. The summed E-state index contributed by atoms with van der Waals surface area (Å²) < 4.78 is 42.2. The average molecular weight is 469 g/mol. The number of aromatic nitrogens is 2. The Morgan fingerprint density at radius 2 is 1.81 bits per heavy atom. The molecule has 2 aromatic carbocycles. The Labute approximate surface area is 186 Å². The summed E-state index contributed by atoms with van der Waals surface area (Å²) in [5, 5.41) is 9.92. The van der Waals surface area contributed by atoms with E-state index in [-0.39, 0.29) is 33.7 Å². The standard InChI is InChI=1S/C21H17Cl2F3N4O/c1-11-5-7-12(8-6-11)15-9-17(21(24,25)26)30-18(27-15)10-16(29-30)20(31)28-19-13(22)3-2-4-14(19)23/h2-8,10,15,17,27H,9H2,1H3,(H,28,31)/t15-,17+/m1/s1. The molecule has 0 unspecified atom stereocenters. The minimum atomic E-state index is -4.54. The number of hydrogen-bond acceptors (Lipinski definition) is 3. The van der Waals surface area contributed by atoms with Gasteiger partial charge >= 0.3 is 6.18 Å². The van der Waals surface area contributed by atoms with E-state index in [1.807, 2.05) is 19.1 Å². The SMILES string of the molecule is Cc1ccc([C@H]2C[C@@H](C(F)(F)F)n3nc(C(=O)Nc4c(Cl)cccc4Cl)cc3N2)cc1. The number of hydrogen-bond donors (Lipinski definition) is 2.